The molecule has 0 bridgehead atoms. The molecule has 12 nitrogen and oxygen atoms in total. The van der Waals surface area contributed by atoms with Crippen LogP contribution in [0.3, 0.4) is 0 Å². The maximum absolute atomic E-state index is 12.1. The molecule has 2 aromatic heterocycles. The number of amides is 1. The molecule has 0 radical (unpaired) electrons. The Bertz CT molecular complexity index is 1430. The maximum atomic E-state index is 12.1. The number of halogens is 6. The van der Waals surface area contributed by atoms with E-state index in [0.717, 1.165) is 60.9 Å². The van der Waals surface area contributed by atoms with Crippen LogP contribution in [0.5, 0.6) is 0 Å². The van der Waals surface area contributed by atoms with Crippen molar-refractivity contribution in [2.45, 2.75) is 90.1 Å². The van der Waals surface area contributed by atoms with Crippen LogP contribution in [0.25, 0.3) is 0 Å². The molecular weight excluding hydrogens is 1380 g/mol. The number of hydrogen-bond acceptors (Lipinski definition) is 9. The minimum atomic E-state index is -0.436. The first-order valence-corrected chi connectivity index (χ1v) is 41.9. The second-order valence-corrected chi connectivity index (χ2v) is 62.2. The Morgan fingerprint density at radius 1 is 0.902 bits per heavy atom. The van der Waals surface area contributed by atoms with E-state index in [1.165, 1.54) is 19.9 Å². The number of ether oxygens (including phenoxy) is 3. The van der Waals surface area contributed by atoms with Gasteiger partial charge >= 0.3 is 133 Å². The number of aryl methyl sites for hydroxylation is 2. The number of fused-ring (bicyclic) bond motifs is 2. The zero-order chi connectivity index (χ0) is 38.2. The summed E-state index contributed by atoms with van der Waals surface area (Å²) in [7, 11) is 2.78. The van der Waals surface area contributed by atoms with Crippen LogP contribution in [0, 0.1) is 6.92 Å². The Hall–Kier alpha value is 0.774. The van der Waals surface area contributed by atoms with Crippen LogP contribution in [0.15, 0.2) is 42.7 Å². The van der Waals surface area contributed by atoms with Gasteiger partial charge in [-0.25, -0.2) is 4.79 Å². The van der Waals surface area contributed by atoms with Gasteiger partial charge in [0.2, 0.25) is 0 Å². The number of nitrogens with zero attached hydrogens (tertiary/aromatic N) is 4. The first-order valence-electron chi connectivity index (χ1n) is 15.8. The van der Waals surface area contributed by atoms with Crippen LogP contribution in [-0.2, 0) is 61.3 Å². The molecule has 1 aromatic carbocycles. The quantitative estimate of drug-likeness (QED) is 0.117. The van der Waals surface area contributed by atoms with Gasteiger partial charge in [0.05, 0.1) is 58.6 Å². The van der Waals surface area contributed by atoms with Crippen molar-refractivity contribution in [2.24, 2.45) is 5.73 Å². The van der Waals surface area contributed by atoms with Gasteiger partial charge in [0, 0.05) is 28.6 Å². The van der Waals surface area contributed by atoms with Crippen LogP contribution in [0.4, 0.5) is 4.79 Å². The molecule has 51 heavy (non-hydrogen) atoms. The molecule has 3 N–H and O–H groups in total. The van der Waals surface area contributed by atoms with Crippen LogP contribution < -0.4 is 24.3 Å². The van der Waals surface area contributed by atoms with Crippen LogP contribution in [0.2, 0.25) is 0 Å². The minimum absolute atomic E-state index is 0.107. The van der Waals surface area contributed by atoms with Gasteiger partial charge in [-0.1, -0.05) is 30.3 Å². The van der Waals surface area contributed by atoms with Gasteiger partial charge < -0.3 is 32.2 Å². The Kier molecular flexibility index (Phi) is 29.3. The topological polar surface area (TPSA) is 153 Å². The van der Waals surface area contributed by atoms with Gasteiger partial charge in [-0.15, -0.1) is 0 Å². The molecule has 0 saturated carbocycles. The zero-order valence-corrected chi connectivity index (χ0v) is 43.1. The molecule has 2 aliphatic rings. The Morgan fingerprint density at radius 3 is 1.88 bits per heavy atom. The summed E-state index contributed by atoms with van der Waals surface area (Å²) in [6.45, 7) is 6.30. The predicted octanol–water partition coefficient (Wildman–Crippen LogP) is 5.80. The molecule has 19 heteroatoms. The van der Waals surface area contributed by atoms with Crippen molar-refractivity contribution >= 4 is 115 Å². The number of carbonyl (C=O) groups excluding carboxylic acids is 3. The van der Waals surface area contributed by atoms with Gasteiger partial charge in [0.1, 0.15) is 6.61 Å². The molecule has 1 amide bonds. The van der Waals surface area contributed by atoms with E-state index in [1.54, 1.807) is 13.1 Å². The van der Waals surface area contributed by atoms with E-state index in [2.05, 4.69) is 129 Å². The number of alkyl carbamates (subject to hydrolysis) is 1. The second-order valence-electron chi connectivity index (χ2n) is 10.6. The molecule has 2 heterocycles. The molecule has 0 fully saturated rings. The van der Waals surface area contributed by atoms with E-state index in [0.29, 0.717) is 32.8 Å². The summed E-state index contributed by atoms with van der Waals surface area (Å²) in [5.74, 6) is -0.464. The molecule has 0 saturated heterocycles. The number of nitrogens with two attached hydrogens (primary N) is 1. The molecule has 0 unspecified atom stereocenters. The molecule has 5 rings (SSSR count). The van der Waals surface area contributed by atoms with E-state index in [-0.39, 0.29) is 42.0 Å². The Morgan fingerprint density at radius 2 is 1.37 bits per heavy atom. The fraction of sp³-hybridized carbons (Fsp3) is 0.500. The average molecular weight is 1420 g/mol. The van der Waals surface area contributed by atoms with Crippen molar-refractivity contribution < 1.29 is 46.8 Å². The van der Waals surface area contributed by atoms with Gasteiger partial charge in [0.15, 0.2) is 0 Å². The molecule has 2 atom stereocenters. The zero-order valence-electron chi connectivity index (χ0n) is 28.7. The fourth-order valence-corrected chi connectivity index (χ4v) is 5.31. The standard InChI is InChI=1S/C19H23N3O4.C11H17N3O2.C2H5.I3.3HI.V/c1-25-18(23)10-11-22-17-9-5-8-16(15(17)12-20-22)21-19(24)26-13-14-6-3-2-4-7-14;1-16-11(15)5-6-14-10-4-2-3-9(12)8(10)7-13-14;1-2;1-3-2;;;;/h2-4,6-7,12,16H,5,8-11,13H2,1H3,(H,21,24);7,9H,2-6,12H2,1H3;1H2,2H3;;3*1H;/q;;2*-1;;;;+3/p-3/t16-;9-;;;;;;/m11....../s1. The number of hydrogen-bond donors (Lipinski definition) is 2. The van der Waals surface area contributed by atoms with E-state index < -0.39 is 6.09 Å². The Labute approximate surface area is 369 Å². The number of rotatable bonds is 9. The number of nitrogens with one attached hydrogen (secondary N) is 1. The predicted molar refractivity (Wildman–Crippen MR) is 234 cm³/mol. The molecule has 3 aromatic rings. The van der Waals surface area contributed by atoms with E-state index in [4.69, 9.17) is 10.5 Å². The number of benzene rings is 1. The number of carbonyl (C=O) groups is 3. The average Bonchev–Trinajstić information content (AvgIpc) is 3.76. The summed E-state index contributed by atoms with van der Waals surface area (Å²) in [5, 5.41) is 11.6. The first-order chi connectivity index (χ1) is 24.5. The van der Waals surface area contributed by atoms with E-state index in [1.807, 2.05) is 45.9 Å². The van der Waals surface area contributed by atoms with Gasteiger partial charge in [0.25, 0.3) is 0 Å². The second kappa shape index (κ2) is 30.0. The van der Waals surface area contributed by atoms with Crippen molar-refractivity contribution in [3.05, 3.63) is 77.7 Å². The van der Waals surface area contributed by atoms with Crippen molar-refractivity contribution in [1.29, 1.82) is 0 Å². The van der Waals surface area contributed by atoms with Crippen LogP contribution in [0.1, 0.15) is 85.6 Å². The molecule has 0 spiro atoms. The van der Waals surface area contributed by atoms with Crippen molar-refractivity contribution in [1.82, 2.24) is 24.9 Å². The summed E-state index contributed by atoms with van der Waals surface area (Å²) >= 11 is 12.7. The van der Waals surface area contributed by atoms with Gasteiger partial charge in [-0.05, 0) is 44.1 Å². The van der Waals surface area contributed by atoms with Crippen LogP contribution >= 0.6 is 97.2 Å². The van der Waals surface area contributed by atoms with Crippen molar-refractivity contribution in [3.8, 4) is 0 Å². The summed E-state index contributed by atoms with van der Waals surface area (Å²) < 4.78 is 18.3. The molecule has 0 aliphatic heterocycles. The molecule has 288 valence electrons. The molecule has 2 aliphatic carbocycles. The third kappa shape index (κ3) is 20.0. The molecular formula is C32H45I6N6O6V-2. The van der Waals surface area contributed by atoms with Crippen molar-refractivity contribution in [2.75, 3.05) is 14.2 Å². The van der Waals surface area contributed by atoms with Crippen molar-refractivity contribution in [3.63, 3.8) is 0 Å². The summed E-state index contributed by atoms with van der Waals surface area (Å²) in [6.07, 6.45) is 9.60. The fourth-order valence-electron chi connectivity index (χ4n) is 5.31. The summed E-state index contributed by atoms with van der Waals surface area (Å²) in [4.78, 5) is 34.2. The van der Waals surface area contributed by atoms with Crippen LogP contribution in [-0.4, -0.2) is 51.8 Å². The number of aromatic nitrogens is 4. The Balaban J connectivity index is 0.000000442. The number of esters is 2. The monoisotopic (exact) mass is 1420 g/mol. The summed E-state index contributed by atoms with van der Waals surface area (Å²) in [6, 6.07) is 9.56. The van der Waals surface area contributed by atoms with E-state index in [9.17, 15) is 14.4 Å². The van der Waals surface area contributed by atoms with Gasteiger partial charge in [-0.3, -0.25) is 19.0 Å². The third-order valence-electron chi connectivity index (χ3n) is 7.59. The van der Waals surface area contributed by atoms with Gasteiger partial charge in [-0.2, -0.15) is 17.1 Å². The SMILES string of the molecule is COC(=O)CCn1ncc2c1CCC[C@H]2N.COC(=O)CCn1ncc2c1CCC[C@H]2NC(=O)OCc1ccccc1.I[I-]I.[CH2-]C.[I][V]([I])[I]. The summed E-state index contributed by atoms with van der Waals surface area (Å²) in [5.41, 5.74) is 11.3. The normalized spacial score (nSPS) is 15.4. The van der Waals surface area contributed by atoms with E-state index >= 15 is 0 Å². The first kappa shape index (κ1) is 49.8. The third-order valence-corrected chi connectivity index (χ3v) is 7.59. The number of methoxy groups -OCH3 is 2.